The van der Waals surface area contributed by atoms with Gasteiger partial charge in [0.2, 0.25) is 0 Å². The summed E-state index contributed by atoms with van der Waals surface area (Å²) in [4.78, 5) is 7.98. The van der Waals surface area contributed by atoms with Gasteiger partial charge in [0.15, 0.2) is 0 Å². The van der Waals surface area contributed by atoms with E-state index >= 15 is 0 Å². The monoisotopic (exact) mass is 139 g/mol. The summed E-state index contributed by atoms with van der Waals surface area (Å²) in [5.74, 6) is 0. The van der Waals surface area contributed by atoms with Crippen molar-refractivity contribution in [1.82, 2.24) is 0 Å². The van der Waals surface area contributed by atoms with Gasteiger partial charge in [-0.25, -0.2) is 0 Å². The second kappa shape index (κ2) is 3.92. The number of aliphatic hydroxyl groups is 1. The Labute approximate surface area is 48.0 Å². The lowest BCUT2D eigenvalue weighted by molar-refractivity contribution is 0.119. The van der Waals surface area contributed by atoms with Crippen LogP contribution in [0.25, 0.3) is 0 Å². The molecule has 2 N–H and O–H groups in total. The fourth-order valence-corrected chi connectivity index (χ4v) is 0.515. The Hall–Kier alpha value is -0.0200. The molecular formula is C3H8O4P+. The topological polar surface area (TPSA) is 66.8 Å². The SMILES string of the molecule is CC(O)CO[P+](=O)O. The van der Waals surface area contributed by atoms with Gasteiger partial charge in [-0.3, -0.25) is 0 Å². The number of hydrogen-bond donors (Lipinski definition) is 2. The number of hydrogen-bond acceptors (Lipinski definition) is 3. The van der Waals surface area contributed by atoms with Crippen LogP contribution in [0.2, 0.25) is 0 Å². The third kappa shape index (κ3) is 5.98. The molecule has 8 heavy (non-hydrogen) atoms. The minimum Gasteiger partial charge on any atom is -0.391 e. The smallest absolute Gasteiger partial charge is 0.391 e. The van der Waals surface area contributed by atoms with Crippen LogP contribution in [0.5, 0.6) is 0 Å². The molecule has 0 aliphatic carbocycles. The molecule has 0 amide bonds. The van der Waals surface area contributed by atoms with E-state index in [1.807, 2.05) is 0 Å². The van der Waals surface area contributed by atoms with Crippen molar-refractivity contribution in [3.63, 3.8) is 0 Å². The van der Waals surface area contributed by atoms with Gasteiger partial charge in [-0.05, 0) is 6.92 Å². The van der Waals surface area contributed by atoms with E-state index < -0.39 is 14.4 Å². The van der Waals surface area contributed by atoms with E-state index in [4.69, 9.17) is 10.00 Å². The second-order valence-electron chi connectivity index (χ2n) is 1.38. The highest BCUT2D eigenvalue weighted by Gasteiger charge is 2.12. The molecule has 0 saturated carbocycles. The first-order valence-corrected chi connectivity index (χ1v) is 3.23. The zero-order chi connectivity index (χ0) is 6.57. The molecule has 0 spiro atoms. The number of rotatable bonds is 3. The number of aliphatic hydroxyl groups excluding tert-OH is 1. The first kappa shape index (κ1) is 7.98. The molecule has 0 aromatic rings. The van der Waals surface area contributed by atoms with Crippen LogP contribution in [-0.2, 0) is 9.09 Å². The molecular weight excluding hydrogens is 131 g/mol. The average molecular weight is 139 g/mol. The summed E-state index contributed by atoms with van der Waals surface area (Å²) < 4.78 is 13.8. The Balaban J connectivity index is 3.05. The standard InChI is InChI=1S/C3H7O4P/c1-3(4)2-7-8(5)6/h3-4H,2H2,1H3/p+1. The maximum atomic E-state index is 9.72. The normalized spacial score (nSPS) is 15.6. The summed E-state index contributed by atoms with van der Waals surface area (Å²) in [5, 5.41) is 8.44. The van der Waals surface area contributed by atoms with Gasteiger partial charge in [0, 0.05) is 4.57 Å². The van der Waals surface area contributed by atoms with Crippen LogP contribution >= 0.6 is 8.25 Å². The van der Waals surface area contributed by atoms with Crippen molar-refractivity contribution in [2.75, 3.05) is 6.61 Å². The molecule has 5 heteroatoms. The van der Waals surface area contributed by atoms with Gasteiger partial charge in [-0.2, -0.15) is 0 Å². The van der Waals surface area contributed by atoms with E-state index in [1.165, 1.54) is 6.92 Å². The van der Waals surface area contributed by atoms with E-state index in [1.54, 1.807) is 0 Å². The highest BCUT2D eigenvalue weighted by Crippen LogP contribution is 2.13. The third-order valence-corrected chi connectivity index (χ3v) is 0.796. The fraction of sp³-hybridized carbons (Fsp3) is 1.00. The van der Waals surface area contributed by atoms with Gasteiger partial charge >= 0.3 is 8.25 Å². The lowest BCUT2D eigenvalue weighted by Crippen LogP contribution is -2.06. The first-order chi connectivity index (χ1) is 3.63. The minimum atomic E-state index is -2.54. The van der Waals surface area contributed by atoms with Crippen LogP contribution < -0.4 is 0 Å². The van der Waals surface area contributed by atoms with Crippen molar-refractivity contribution >= 4 is 8.25 Å². The maximum absolute atomic E-state index is 9.72. The van der Waals surface area contributed by atoms with Crippen molar-refractivity contribution in [2.45, 2.75) is 13.0 Å². The van der Waals surface area contributed by atoms with E-state index in [0.717, 1.165) is 0 Å². The fourth-order valence-electron chi connectivity index (χ4n) is 0.172. The average Bonchev–Trinajstić information content (AvgIpc) is 1.61. The first-order valence-electron chi connectivity index (χ1n) is 2.10. The Morgan fingerprint density at radius 1 is 1.88 bits per heavy atom. The third-order valence-electron chi connectivity index (χ3n) is 0.426. The Kier molecular flexibility index (Phi) is 3.91. The van der Waals surface area contributed by atoms with Crippen LogP contribution in [0.1, 0.15) is 6.92 Å². The van der Waals surface area contributed by atoms with Crippen LogP contribution in [0.3, 0.4) is 0 Å². The molecule has 2 atom stereocenters. The zero-order valence-corrected chi connectivity index (χ0v) is 5.34. The lowest BCUT2D eigenvalue weighted by Gasteiger charge is -1.91. The van der Waals surface area contributed by atoms with Crippen molar-refractivity contribution < 1.29 is 19.1 Å². The molecule has 0 rings (SSSR count). The summed E-state index contributed by atoms with van der Waals surface area (Å²) in [6.07, 6.45) is -0.680. The molecule has 0 aliphatic heterocycles. The Morgan fingerprint density at radius 3 is 2.50 bits per heavy atom. The van der Waals surface area contributed by atoms with Gasteiger partial charge < -0.3 is 5.11 Å². The van der Waals surface area contributed by atoms with Gasteiger partial charge in [0.25, 0.3) is 0 Å². The highest BCUT2D eigenvalue weighted by atomic mass is 31.1. The molecule has 0 aliphatic rings. The van der Waals surface area contributed by atoms with Crippen LogP contribution in [0.4, 0.5) is 0 Å². The van der Waals surface area contributed by atoms with Gasteiger partial charge in [0.05, 0.1) is 6.10 Å². The molecule has 0 saturated heterocycles. The predicted octanol–water partition coefficient (Wildman–Crippen LogP) is 0.0335. The molecule has 0 fully saturated rings. The summed E-state index contributed by atoms with van der Waals surface area (Å²) >= 11 is 0. The van der Waals surface area contributed by atoms with E-state index in [-0.39, 0.29) is 6.61 Å². The molecule has 2 unspecified atom stereocenters. The summed E-state index contributed by atoms with van der Waals surface area (Å²) in [6, 6.07) is 0. The maximum Gasteiger partial charge on any atom is 0.694 e. The minimum absolute atomic E-state index is 0.0916. The molecule has 0 radical (unpaired) electrons. The molecule has 0 heterocycles. The zero-order valence-electron chi connectivity index (χ0n) is 4.44. The van der Waals surface area contributed by atoms with Crippen molar-refractivity contribution in [1.29, 1.82) is 0 Å². The second-order valence-corrected chi connectivity index (χ2v) is 2.12. The summed E-state index contributed by atoms with van der Waals surface area (Å²) in [5.41, 5.74) is 0. The van der Waals surface area contributed by atoms with Gasteiger partial charge in [-0.15, -0.1) is 9.42 Å². The molecule has 0 aromatic carbocycles. The highest BCUT2D eigenvalue weighted by molar-refractivity contribution is 7.32. The van der Waals surface area contributed by atoms with Crippen molar-refractivity contribution in [2.24, 2.45) is 0 Å². The van der Waals surface area contributed by atoms with Gasteiger partial charge in [0.1, 0.15) is 6.61 Å². The van der Waals surface area contributed by atoms with Crippen LogP contribution in [0, 0.1) is 0 Å². The molecule has 0 bridgehead atoms. The summed E-state index contributed by atoms with van der Waals surface area (Å²) in [6.45, 7) is 1.38. The van der Waals surface area contributed by atoms with Crippen LogP contribution in [0.15, 0.2) is 0 Å². The lowest BCUT2D eigenvalue weighted by atomic mass is 10.5. The summed E-state index contributed by atoms with van der Waals surface area (Å²) in [7, 11) is -2.54. The van der Waals surface area contributed by atoms with Gasteiger partial charge in [-0.1, -0.05) is 0 Å². The molecule has 4 nitrogen and oxygen atoms in total. The Morgan fingerprint density at radius 2 is 2.38 bits per heavy atom. The Bertz CT molecular complexity index is 81.4. The quantitative estimate of drug-likeness (QED) is 0.541. The van der Waals surface area contributed by atoms with Crippen molar-refractivity contribution in [3.05, 3.63) is 0 Å². The van der Waals surface area contributed by atoms with E-state index in [0.29, 0.717) is 0 Å². The van der Waals surface area contributed by atoms with E-state index in [2.05, 4.69) is 4.52 Å². The molecule has 0 aromatic heterocycles. The largest absolute Gasteiger partial charge is 0.694 e. The van der Waals surface area contributed by atoms with E-state index in [9.17, 15) is 4.57 Å². The predicted molar refractivity (Wildman–Crippen MR) is 27.5 cm³/mol. The van der Waals surface area contributed by atoms with Crippen molar-refractivity contribution in [3.8, 4) is 0 Å². The molecule has 48 valence electrons. The van der Waals surface area contributed by atoms with Crippen LogP contribution in [-0.4, -0.2) is 22.7 Å².